The van der Waals surface area contributed by atoms with Crippen LogP contribution in [0.2, 0.25) is 0 Å². The Labute approximate surface area is 191 Å². The molecule has 9 heteroatoms. The zero-order valence-corrected chi connectivity index (χ0v) is 18.2. The highest BCUT2D eigenvalue weighted by atomic mass is 16.6. The van der Waals surface area contributed by atoms with Crippen molar-refractivity contribution in [2.45, 2.75) is 37.1 Å². The van der Waals surface area contributed by atoms with Crippen molar-refractivity contribution in [3.8, 4) is 5.75 Å². The summed E-state index contributed by atoms with van der Waals surface area (Å²) < 4.78 is 17.5. The summed E-state index contributed by atoms with van der Waals surface area (Å²) in [6, 6.07) is 8.95. The van der Waals surface area contributed by atoms with Crippen LogP contribution in [0, 0.1) is 0 Å². The average molecular weight is 453 g/mol. The highest BCUT2D eigenvalue weighted by Crippen LogP contribution is 2.47. The number of carbonyl (C=O) groups excluding carboxylic acids is 2. The Balaban J connectivity index is 1.31. The molecule has 2 aromatic rings. The molecule has 3 aliphatic heterocycles. The summed E-state index contributed by atoms with van der Waals surface area (Å²) >= 11 is 0. The first kappa shape index (κ1) is 21.8. The molecule has 1 aromatic heterocycles. The molecule has 2 fully saturated rings. The van der Waals surface area contributed by atoms with E-state index in [1.165, 1.54) is 6.20 Å². The molecular formula is C24H27N3O6. The molecule has 0 radical (unpaired) electrons. The van der Waals surface area contributed by atoms with Crippen molar-refractivity contribution in [3.05, 3.63) is 53.9 Å². The zero-order chi connectivity index (χ0) is 22.8. The van der Waals surface area contributed by atoms with Crippen LogP contribution in [0.15, 0.2) is 42.7 Å². The highest BCUT2D eigenvalue weighted by molar-refractivity contribution is 6.04. The zero-order valence-electron chi connectivity index (χ0n) is 18.2. The van der Waals surface area contributed by atoms with Gasteiger partial charge in [-0.3, -0.25) is 14.6 Å². The molecule has 174 valence electrons. The maximum Gasteiger partial charge on any atom is 0.257 e. The molecule has 2 amide bonds. The van der Waals surface area contributed by atoms with Gasteiger partial charge in [-0.1, -0.05) is 0 Å². The molecule has 0 aliphatic carbocycles. The minimum atomic E-state index is -0.521. The number of hydrogen-bond acceptors (Lipinski definition) is 7. The van der Waals surface area contributed by atoms with E-state index in [0.29, 0.717) is 49.7 Å². The number of hydrogen-bond donors (Lipinski definition) is 2. The second-order valence-corrected chi connectivity index (χ2v) is 8.55. The smallest absolute Gasteiger partial charge is 0.257 e. The third kappa shape index (κ3) is 4.57. The van der Waals surface area contributed by atoms with Crippen LogP contribution >= 0.6 is 0 Å². The molecule has 2 saturated heterocycles. The number of aromatic nitrogens is 1. The van der Waals surface area contributed by atoms with Crippen molar-refractivity contribution >= 4 is 17.5 Å². The van der Waals surface area contributed by atoms with E-state index < -0.39 is 6.10 Å². The SMILES string of the molecule is O=C(Nc1ccc2c(c1)[C@H]1C[C@@H](CC(=O)N3CCOCC3)O[C@H](CO)[C@H]1O2)c1cccnc1. The summed E-state index contributed by atoms with van der Waals surface area (Å²) in [6.07, 6.45) is 2.82. The van der Waals surface area contributed by atoms with E-state index in [4.69, 9.17) is 14.2 Å². The summed E-state index contributed by atoms with van der Waals surface area (Å²) in [5.74, 6) is 0.470. The number of nitrogens with zero attached hydrogens (tertiary/aromatic N) is 2. The van der Waals surface area contributed by atoms with Gasteiger partial charge in [0.2, 0.25) is 5.91 Å². The van der Waals surface area contributed by atoms with E-state index in [0.717, 1.165) is 5.56 Å². The Hall–Kier alpha value is -3.01. The average Bonchev–Trinajstić information content (AvgIpc) is 3.22. The van der Waals surface area contributed by atoms with Gasteiger partial charge in [0.1, 0.15) is 18.0 Å². The number of nitrogens with one attached hydrogen (secondary N) is 1. The van der Waals surface area contributed by atoms with Crippen molar-refractivity contribution < 1.29 is 28.9 Å². The minimum Gasteiger partial charge on any atom is -0.487 e. The van der Waals surface area contributed by atoms with E-state index in [-0.39, 0.29) is 43.0 Å². The van der Waals surface area contributed by atoms with E-state index in [1.54, 1.807) is 29.3 Å². The lowest BCUT2D eigenvalue weighted by molar-refractivity contribution is -0.151. The minimum absolute atomic E-state index is 0.0371. The van der Waals surface area contributed by atoms with Gasteiger partial charge in [0, 0.05) is 42.7 Å². The van der Waals surface area contributed by atoms with E-state index in [2.05, 4.69) is 10.3 Å². The number of morpholine rings is 1. The summed E-state index contributed by atoms with van der Waals surface area (Å²) in [4.78, 5) is 31.1. The molecule has 0 saturated carbocycles. The van der Waals surface area contributed by atoms with Gasteiger partial charge < -0.3 is 29.5 Å². The standard InChI is InChI=1S/C24H27N3O6/c28-14-21-23-19(11-17(32-21)12-22(29)27-6-8-31-9-7-27)18-10-16(3-4-20(18)33-23)26-24(30)15-2-1-5-25-13-15/h1-5,10,13,17,19,21,23,28H,6-9,11-12,14H2,(H,26,30)/t17-,19+,21+,23-/m0/s1. The number of anilines is 1. The van der Waals surface area contributed by atoms with Gasteiger partial charge in [-0.15, -0.1) is 0 Å². The number of fused-ring (bicyclic) bond motifs is 3. The van der Waals surface area contributed by atoms with Crippen LogP contribution in [-0.2, 0) is 14.3 Å². The summed E-state index contributed by atoms with van der Waals surface area (Å²) in [5.41, 5.74) is 2.08. The summed E-state index contributed by atoms with van der Waals surface area (Å²) in [7, 11) is 0. The molecule has 5 rings (SSSR count). The molecule has 0 unspecified atom stereocenters. The maximum absolute atomic E-state index is 12.8. The Morgan fingerprint density at radius 2 is 2.06 bits per heavy atom. The van der Waals surface area contributed by atoms with Crippen molar-refractivity contribution in [2.75, 3.05) is 38.2 Å². The number of carbonyl (C=O) groups is 2. The monoisotopic (exact) mass is 453 g/mol. The fourth-order valence-electron chi connectivity index (χ4n) is 4.80. The largest absolute Gasteiger partial charge is 0.487 e. The molecule has 9 nitrogen and oxygen atoms in total. The van der Waals surface area contributed by atoms with Gasteiger partial charge in [-0.2, -0.15) is 0 Å². The number of rotatable bonds is 5. The molecule has 1 aromatic carbocycles. The van der Waals surface area contributed by atoms with E-state index >= 15 is 0 Å². The fourth-order valence-corrected chi connectivity index (χ4v) is 4.80. The van der Waals surface area contributed by atoms with Crippen LogP contribution in [0.3, 0.4) is 0 Å². The molecule has 3 aliphatic rings. The van der Waals surface area contributed by atoms with Gasteiger partial charge in [0.25, 0.3) is 5.91 Å². The second-order valence-electron chi connectivity index (χ2n) is 8.55. The number of aliphatic hydroxyl groups is 1. The van der Waals surface area contributed by atoms with E-state index in [1.807, 2.05) is 12.1 Å². The molecule has 4 atom stereocenters. The normalized spacial score (nSPS) is 26.2. The Morgan fingerprint density at radius 3 is 2.82 bits per heavy atom. The molecule has 2 N–H and O–H groups in total. The molecule has 0 bridgehead atoms. The van der Waals surface area contributed by atoms with Crippen molar-refractivity contribution in [1.82, 2.24) is 9.88 Å². The first-order valence-electron chi connectivity index (χ1n) is 11.3. The first-order chi connectivity index (χ1) is 16.1. The predicted molar refractivity (Wildman–Crippen MR) is 118 cm³/mol. The van der Waals surface area contributed by atoms with Crippen LogP contribution in [0.5, 0.6) is 5.75 Å². The van der Waals surface area contributed by atoms with E-state index in [9.17, 15) is 14.7 Å². The van der Waals surface area contributed by atoms with Crippen LogP contribution in [0.4, 0.5) is 5.69 Å². The second kappa shape index (κ2) is 9.46. The van der Waals surface area contributed by atoms with Crippen LogP contribution in [0.25, 0.3) is 0 Å². The topological polar surface area (TPSA) is 110 Å². The number of amides is 2. The predicted octanol–water partition coefficient (Wildman–Crippen LogP) is 1.58. The molecular weight excluding hydrogens is 426 g/mol. The number of pyridine rings is 1. The van der Waals surface area contributed by atoms with Crippen LogP contribution in [-0.4, -0.2) is 78.0 Å². The first-order valence-corrected chi connectivity index (χ1v) is 11.3. The Morgan fingerprint density at radius 1 is 1.21 bits per heavy atom. The highest BCUT2D eigenvalue weighted by Gasteiger charge is 2.46. The summed E-state index contributed by atoms with van der Waals surface area (Å²) in [5, 5.41) is 12.8. The van der Waals surface area contributed by atoms with Gasteiger partial charge in [0.15, 0.2) is 0 Å². The van der Waals surface area contributed by atoms with Gasteiger partial charge >= 0.3 is 0 Å². The van der Waals surface area contributed by atoms with Gasteiger partial charge in [-0.05, 0) is 36.8 Å². The third-order valence-electron chi connectivity index (χ3n) is 6.45. The Bertz CT molecular complexity index is 1010. The molecule has 4 heterocycles. The van der Waals surface area contributed by atoms with Crippen molar-refractivity contribution in [1.29, 1.82) is 0 Å². The number of aliphatic hydroxyl groups excluding tert-OH is 1. The van der Waals surface area contributed by atoms with Crippen molar-refractivity contribution in [2.24, 2.45) is 0 Å². The van der Waals surface area contributed by atoms with Gasteiger partial charge in [0.05, 0.1) is 37.9 Å². The van der Waals surface area contributed by atoms with Crippen LogP contribution in [0.1, 0.15) is 34.7 Å². The third-order valence-corrected chi connectivity index (χ3v) is 6.45. The van der Waals surface area contributed by atoms with Crippen LogP contribution < -0.4 is 10.1 Å². The molecule has 33 heavy (non-hydrogen) atoms. The lowest BCUT2D eigenvalue weighted by atomic mass is 9.84. The van der Waals surface area contributed by atoms with Crippen molar-refractivity contribution in [3.63, 3.8) is 0 Å². The fraction of sp³-hybridized carbons (Fsp3) is 0.458. The Kier molecular flexibility index (Phi) is 6.26. The molecule has 0 spiro atoms. The number of benzene rings is 1. The number of ether oxygens (including phenoxy) is 3. The summed E-state index contributed by atoms with van der Waals surface area (Å²) in [6.45, 7) is 2.09. The lowest BCUT2D eigenvalue weighted by Gasteiger charge is -2.38. The maximum atomic E-state index is 12.8. The quantitative estimate of drug-likeness (QED) is 0.707. The lowest BCUT2D eigenvalue weighted by Crippen LogP contribution is -2.48. The van der Waals surface area contributed by atoms with Gasteiger partial charge in [-0.25, -0.2) is 0 Å².